The van der Waals surface area contributed by atoms with Crippen molar-refractivity contribution in [2.75, 3.05) is 18.9 Å². The Balaban J connectivity index is 1.14. The number of hydrogen-bond acceptors (Lipinski definition) is 11. The van der Waals surface area contributed by atoms with Crippen molar-refractivity contribution < 1.29 is 32.9 Å². The van der Waals surface area contributed by atoms with E-state index in [4.69, 9.17) is 15.2 Å². The van der Waals surface area contributed by atoms with Gasteiger partial charge < -0.3 is 25.4 Å². The maximum Gasteiger partial charge on any atom is 0.338 e. The Morgan fingerprint density at radius 1 is 1.05 bits per heavy atom. The van der Waals surface area contributed by atoms with Crippen LogP contribution in [0.2, 0.25) is 0 Å². The molecule has 0 amide bonds. The lowest BCUT2D eigenvalue weighted by molar-refractivity contribution is -0.0565. The number of sulfonamides is 1. The van der Waals surface area contributed by atoms with Crippen molar-refractivity contribution in [3.05, 3.63) is 78.4 Å². The first kappa shape index (κ1) is 27.6. The highest BCUT2D eigenvalue weighted by Crippen LogP contribution is 2.32. The fourth-order valence-electron chi connectivity index (χ4n) is 4.39. The largest absolute Gasteiger partial charge is 0.459 e. The Kier molecular flexibility index (Phi) is 8.04. The highest BCUT2D eigenvalue weighted by Gasteiger charge is 2.45. The zero-order valence-electron chi connectivity index (χ0n) is 21.2. The van der Waals surface area contributed by atoms with Crippen molar-refractivity contribution in [2.24, 2.45) is 0 Å². The number of imidazole rings is 1. The molecule has 3 heterocycles. The van der Waals surface area contributed by atoms with Gasteiger partial charge in [-0.15, -0.1) is 0 Å². The number of ether oxygens (including phenoxy) is 2. The van der Waals surface area contributed by atoms with E-state index < -0.39 is 40.5 Å². The number of nitrogens with one attached hydrogen (secondary N) is 1. The van der Waals surface area contributed by atoms with E-state index in [1.54, 1.807) is 0 Å². The highest BCUT2D eigenvalue weighted by molar-refractivity contribution is 7.89. The third-order valence-corrected chi connectivity index (χ3v) is 8.03. The van der Waals surface area contributed by atoms with Crippen LogP contribution < -0.4 is 10.5 Å². The van der Waals surface area contributed by atoms with Gasteiger partial charge in [0.05, 0.1) is 16.8 Å². The normalized spacial score (nSPS) is 21.1. The van der Waals surface area contributed by atoms with Crippen LogP contribution >= 0.6 is 0 Å². The summed E-state index contributed by atoms with van der Waals surface area (Å²) in [4.78, 5) is 24.7. The number of hydrogen-bond donors (Lipinski definition) is 4. The monoisotopic (exact) mass is 568 g/mol. The first-order valence-electron chi connectivity index (χ1n) is 12.5. The second-order valence-electron chi connectivity index (χ2n) is 9.24. The first-order valence-corrected chi connectivity index (χ1v) is 14.0. The first-order chi connectivity index (χ1) is 19.2. The van der Waals surface area contributed by atoms with Crippen molar-refractivity contribution in [1.29, 1.82) is 0 Å². The van der Waals surface area contributed by atoms with Gasteiger partial charge in [-0.3, -0.25) is 4.57 Å². The van der Waals surface area contributed by atoms with Crippen LogP contribution in [0, 0.1) is 0 Å². The number of carbonyl (C=O) groups excluding carboxylic acids is 1. The molecule has 13 nitrogen and oxygen atoms in total. The molecule has 14 heteroatoms. The topological polar surface area (TPSA) is 192 Å². The molecule has 4 atom stereocenters. The molecule has 1 aliphatic rings. The van der Waals surface area contributed by atoms with E-state index in [9.17, 15) is 23.4 Å². The molecular formula is C26H28N6O7S. The number of aryl methyl sites for hydroxylation is 1. The Morgan fingerprint density at radius 3 is 2.55 bits per heavy atom. The van der Waals surface area contributed by atoms with Gasteiger partial charge in [-0.1, -0.05) is 30.3 Å². The molecule has 0 bridgehead atoms. The van der Waals surface area contributed by atoms with E-state index in [-0.39, 0.29) is 29.4 Å². The number of nitrogens with two attached hydrogens (primary N) is 1. The molecule has 0 aliphatic carbocycles. The predicted octanol–water partition coefficient (Wildman–Crippen LogP) is 0.796. The maximum absolute atomic E-state index is 12.6. The van der Waals surface area contributed by atoms with Crippen molar-refractivity contribution in [3.63, 3.8) is 0 Å². The molecule has 1 saturated heterocycles. The molecule has 5 rings (SSSR count). The molecule has 210 valence electrons. The van der Waals surface area contributed by atoms with Gasteiger partial charge in [0.2, 0.25) is 10.0 Å². The van der Waals surface area contributed by atoms with Crippen LogP contribution in [0.1, 0.15) is 28.6 Å². The SMILES string of the molecule is Nc1ncnc2c1ncn2C1O[C@H](COC(=O)c2ccc(S(=O)(=O)NCCCc3ccccc3)cc2)[C@@H](O)[C@H]1O. The number of rotatable bonds is 10. The van der Waals surface area contributed by atoms with Crippen molar-refractivity contribution in [3.8, 4) is 0 Å². The zero-order valence-corrected chi connectivity index (χ0v) is 22.0. The average molecular weight is 569 g/mol. The lowest BCUT2D eigenvalue weighted by atomic mass is 10.1. The van der Waals surface area contributed by atoms with Crippen molar-refractivity contribution >= 4 is 33.0 Å². The van der Waals surface area contributed by atoms with Gasteiger partial charge in [0.1, 0.15) is 36.8 Å². The number of anilines is 1. The minimum Gasteiger partial charge on any atom is -0.459 e. The van der Waals surface area contributed by atoms with E-state index >= 15 is 0 Å². The molecule has 0 saturated carbocycles. The summed E-state index contributed by atoms with van der Waals surface area (Å²) < 4.78 is 40.2. The minimum atomic E-state index is -3.75. The number of carbonyl (C=O) groups is 1. The molecule has 2 aromatic heterocycles. The molecule has 2 aromatic carbocycles. The standard InChI is InChI=1S/C26H28N6O7S/c27-23-20-24(29-14-28-23)32(15-30-20)25-22(34)21(33)19(39-25)13-38-26(35)17-8-10-18(11-9-17)40(36,37)31-12-4-7-16-5-2-1-3-6-16/h1-3,5-6,8-11,14-15,19,21-22,25,31,33-34H,4,7,12-13H2,(H2,27,28,29)/t19-,21-,22-,25?/m1/s1. The van der Waals surface area contributed by atoms with Crippen LogP contribution in [0.3, 0.4) is 0 Å². The third kappa shape index (κ3) is 5.80. The Bertz CT molecular complexity index is 1580. The van der Waals surface area contributed by atoms with Crippen LogP contribution in [0.25, 0.3) is 11.2 Å². The van der Waals surface area contributed by atoms with Gasteiger partial charge in [-0.2, -0.15) is 0 Å². The van der Waals surface area contributed by atoms with Crippen LogP contribution in [0.4, 0.5) is 5.82 Å². The predicted molar refractivity (Wildman–Crippen MR) is 142 cm³/mol. The van der Waals surface area contributed by atoms with Gasteiger partial charge in [-0.25, -0.2) is 32.9 Å². The summed E-state index contributed by atoms with van der Waals surface area (Å²) in [5, 5.41) is 21.0. The quantitative estimate of drug-likeness (QED) is 0.156. The van der Waals surface area contributed by atoms with Crippen LogP contribution in [-0.4, -0.2) is 75.6 Å². The number of esters is 1. The van der Waals surface area contributed by atoms with Crippen LogP contribution in [0.15, 0.2) is 72.1 Å². The minimum absolute atomic E-state index is 0.0151. The molecular weight excluding hydrogens is 540 g/mol. The number of benzene rings is 2. The van der Waals surface area contributed by atoms with E-state index in [0.29, 0.717) is 17.6 Å². The van der Waals surface area contributed by atoms with Crippen LogP contribution in [-0.2, 0) is 25.9 Å². The van der Waals surface area contributed by atoms with Gasteiger partial charge in [-0.05, 0) is 42.7 Å². The lowest BCUT2D eigenvalue weighted by Crippen LogP contribution is -2.34. The van der Waals surface area contributed by atoms with E-state index in [1.165, 1.54) is 41.5 Å². The molecule has 0 spiro atoms. The van der Waals surface area contributed by atoms with Crippen LogP contribution in [0.5, 0.6) is 0 Å². The van der Waals surface area contributed by atoms with Gasteiger partial charge in [0.25, 0.3) is 0 Å². The summed E-state index contributed by atoms with van der Waals surface area (Å²) in [6.07, 6.45) is -0.839. The zero-order chi connectivity index (χ0) is 28.3. The Morgan fingerprint density at radius 2 is 1.80 bits per heavy atom. The summed E-state index contributed by atoms with van der Waals surface area (Å²) in [6, 6.07) is 15.1. The van der Waals surface area contributed by atoms with Crippen molar-refractivity contribution in [2.45, 2.75) is 42.3 Å². The summed E-state index contributed by atoms with van der Waals surface area (Å²) >= 11 is 0. The van der Waals surface area contributed by atoms with E-state index in [1.807, 2.05) is 30.3 Å². The molecule has 5 N–H and O–H groups in total. The van der Waals surface area contributed by atoms with Crippen molar-refractivity contribution in [1.82, 2.24) is 24.2 Å². The second kappa shape index (κ2) is 11.7. The number of aromatic nitrogens is 4. The molecule has 40 heavy (non-hydrogen) atoms. The fraction of sp³-hybridized carbons (Fsp3) is 0.308. The van der Waals surface area contributed by atoms with Gasteiger partial charge >= 0.3 is 5.97 Å². The smallest absolute Gasteiger partial charge is 0.338 e. The Hall–Kier alpha value is -3.95. The number of nitrogen functional groups attached to an aromatic ring is 1. The van der Waals surface area contributed by atoms with E-state index in [2.05, 4.69) is 19.7 Å². The Labute approximate surface area is 229 Å². The fourth-order valence-corrected chi connectivity index (χ4v) is 5.47. The number of nitrogens with zero attached hydrogens (tertiary/aromatic N) is 4. The average Bonchev–Trinajstić information content (AvgIpc) is 3.52. The maximum atomic E-state index is 12.6. The number of aliphatic hydroxyl groups excluding tert-OH is 2. The third-order valence-electron chi connectivity index (χ3n) is 6.55. The molecule has 0 radical (unpaired) electrons. The summed E-state index contributed by atoms with van der Waals surface area (Å²) in [5.74, 6) is -0.595. The molecule has 1 unspecified atom stereocenters. The number of aliphatic hydroxyl groups is 2. The van der Waals surface area contributed by atoms with E-state index in [0.717, 1.165) is 12.0 Å². The number of fused-ring (bicyclic) bond motifs is 1. The molecule has 1 aliphatic heterocycles. The lowest BCUT2D eigenvalue weighted by Gasteiger charge is -2.16. The highest BCUT2D eigenvalue weighted by atomic mass is 32.2. The molecule has 4 aromatic rings. The molecule has 1 fully saturated rings. The van der Waals surface area contributed by atoms with Gasteiger partial charge in [0, 0.05) is 6.54 Å². The summed E-state index contributed by atoms with van der Waals surface area (Å²) in [7, 11) is -3.75. The summed E-state index contributed by atoms with van der Waals surface area (Å²) in [6.45, 7) is -0.0902. The van der Waals surface area contributed by atoms with Gasteiger partial charge in [0.15, 0.2) is 17.7 Å². The summed E-state index contributed by atoms with van der Waals surface area (Å²) in [5.41, 5.74) is 7.66. The second-order valence-corrected chi connectivity index (χ2v) is 11.0.